The van der Waals surface area contributed by atoms with Crippen molar-refractivity contribution in [3.63, 3.8) is 0 Å². The van der Waals surface area contributed by atoms with Crippen LogP contribution in [-0.2, 0) is 16.1 Å². The monoisotopic (exact) mass is 366 g/mol. The van der Waals surface area contributed by atoms with Crippen molar-refractivity contribution in [1.82, 2.24) is 4.90 Å². The molecule has 2 heterocycles. The van der Waals surface area contributed by atoms with Crippen molar-refractivity contribution < 1.29 is 18.3 Å². The highest BCUT2D eigenvalue weighted by Gasteiger charge is 2.21. The minimum absolute atomic E-state index is 0.121. The SMILES string of the molecule is O=C(CN(Cc1cccs1)C[C@H]1CCCO1)Nc1cc(F)cc(F)c1. The van der Waals surface area contributed by atoms with Gasteiger partial charge in [-0.25, -0.2) is 8.78 Å². The van der Waals surface area contributed by atoms with Gasteiger partial charge in [0.25, 0.3) is 0 Å². The molecule has 4 nitrogen and oxygen atoms in total. The van der Waals surface area contributed by atoms with Crippen molar-refractivity contribution in [3.8, 4) is 0 Å². The van der Waals surface area contributed by atoms with E-state index in [0.717, 1.165) is 42.5 Å². The molecule has 3 rings (SSSR count). The van der Waals surface area contributed by atoms with Crippen LogP contribution in [0.5, 0.6) is 0 Å². The number of carbonyl (C=O) groups is 1. The van der Waals surface area contributed by atoms with E-state index in [-0.39, 0.29) is 24.2 Å². The number of carbonyl (C=O) groups excluding carboxylic acids is 1. The Morgan fingerprint density at radius 1 is 1.32 bits per heavy atom. The highest BCUT2D eigenvalue weighted by molar-refractivity contribution is 7.09. The molecule has 7 heteroatoms. The zero-order valence-electron chi connectivity index (χ0n) is 13.7. The van der Waals surface area contributed by atoms with Gasteiger partial charge in [-0.1, -0.05) is 6.07 Å². The van der Waals surface area contributed by atoms with Crippen molar-refractivity contribution >= 4 is 22.9 Å². The van der Waals surface area contributed by atoms with Crippen molar-refractivity contribution in [3.05, 3.63) is 52.2 Å². The number of halogens is 2. The summed E-state index contributed by atoms with van der Waals surface area (Å²) in [6.45, 7) is 2.19. The van der Waals surface area contributed by atoms with Gasteiger partial charge in [-0.05, 0) is 36.4 Å². The van der Waals surface area contributed by atoms with E-state index in [0.29, 0.717) is 13.1 Å². The summed E-state index contributed by atoms with van der Waals surface area (Å²) < 4.78 is 32.2. The second kappa shape index (κ2) is 8.51. The van der Waals surface area contributed by atoms with Gasteiger partial charge in [0.2, 0.25) is 5.91 Å². The van der Waals surface area contributed by atoms with E-state index in [1.807, 2.05) is 22.4 Å². The summed E-state index contributed by atoms with van der Waals surface area (Å²) in [7, 11) is 0. The number of amides is 1. The quantitative estimate of drug-likeness (QED) is 0.813. The fourth-order valence-electron chi connectivity index (χ4n) is 2.91. The van der Waals surface area contributed by atoms with Crippen molar-refractivity contribution in [2.75, 3.05) is 25.0 Å². The summed E-state index contributed by atoms with van der Waals surface area (Å²) in [5.41, 5.74) is 0.121. The number of ether oxygens (including phenoxy) is 1. The topological polar surface area (TPSA) is 41.6 Å². The van der Waals surface area contributed by atoms with Gasteiger partial charge in [-0.3, -0.25) is 9.69 Å². The molecule has 2 aromatic rings. The minimum Gasteiger partial charge on any atom is -0.377 e. The van der Waals surface area contributed by atoms with E-state index >= 15 is 0 Å². The van der Waals surface area contributed by atoms with Crippen LogP contribution in [0.4, 0.5) is 14.5 Å². The zero-order chi connectivity index (χ0) is 17.6. The van der Waals surface area contributed by atoms with E-state index < -0.39 is 11.6 Å². The Morgan fingerprint density at radius 3 is 2.76 bits per heavy atom. The van der Waals surface area contributed by atoms with Gasteiger partial charge in [-0.2, -0.15) is 0 Å². The predicted octanol–water partition coefficient (Wildman–Crippen LogP) is 3.65. The highest BCUT2D eigenvalue weighted by atomic mass is 32.1. The molecule has 0 unspecified atom stereocenters. The molecule has 1 N–H and O–H groups in total. The van der Waals surface area contributed by atoms with Gasteiger partial charge in [0.15, 0.2) is 0 Å². The molecule has 1 aromatic heterocycles. The van der Waals surface area contributed by atoms with E-state index in [2.05, 4.69) is 5.32 Å². The maximum Gasteiger partial charge on any atom is 0.238 e. The summed E-state index contributed by atoms with van der Waals surface area (Å²) in [5.74, 6) is -1.74. The largest absolute Gasteiger partial charge is 0.377 e. The molecule has 1 atom stereocenters. The molecule has 25 heavy (non-hydrogen) atoms. The summed E-state index contributed by atoms with van der Waals surface area (Å²) >= 11 is 1.63. The first kappa shape index (κ1) is 18.0. The maximum atomic E-state index is 13.2. The molecule has 0 saturated carbocycles. The molecule has 1 aliphatic heterocycles. The first-order chi connectivity index (χ1) is 12.1. The van der Waals surface area contributed by atoms with Crippen molar-refractivity contribution in [1.29, 1.82) is 0 Å². The van der Waals surface area contributed by atoms with E-state index in [1.165, 1.54) is 0 Å². The number of nitrogens with one attached hydrogen (secondary N) is 1. The Hall–Kier alpha value is -1.83. The molecule has 0 radical (unpaired) electrons. The summed E-state index contributed by atoms with van der Waals surface area (Å²) in [6, 6.07) is 6.97. The summed E-state index contributed by atoms with van der Waals surface area (Å²) in [4.78, 5) is 15.5. The molecule has 1 aromatic carbocycles. The third kappa shape index (κ3) is 5.59. The van der Waals surface area contributed by atoms with Gasteiger partial charge in [0.05, 0.1) is 12.6 Å². The molecule has 0 spiro atoms. The van der Waals surface area contributed by atoms with Gasteiger partial charge in [0, 0.05) is 36.3 Å². The van der Waals surface area contributed by atoms with E-state index in [4.69, 9.17) is 4.74 Å². The average molecular weight is 366 g/mol. The van der Waals surface area contributed by atoms with E-state index in [1.54, 1.807) is 11.3 Å². The number of nitrogens with zero attached hydrogens (tertiary/aromatic N) is 1. The van der Waals surface area contributed by atoms with Crippen LogP contribution >= 0.6 is 11.3 Å². The zero-order valence-corrected chi connectivity index (χ0v) is 14.5. The number of hydrogen-bond acceptors (Lipinski definition) is 4. The highest BCUT2D eigenvalue weighted by Crippen LogP contribution is 2.18. The summed E-state index contributed by atoms with van der Waals surface area (Å²) in [5, 5.41) is 4.56. The molecule has 0 bridgehead atoms. The third-order valence-electron chi connectivity index (χ3n) is 3.96. The van der Waals surface area contributed by atoms with Crippen molar-refractivity contribution in [2.24, 2.45) is 0 Å². The molecule has 1 saturated heterocycles. The number of rotatable bonds is 7. The molecule has 134 valence electrons. The lowest BCUT2D eigenvalue weighted by Gasteiger charge is -2.24. The van der Waals surface area contributed by atoms with Crippen LogP contribution in [0, 0.1) is 11.6 Å². The first-order valence-corrected chi connectivity index (χ1v) is 9.09. The predicted molar refractivity (Wildman–Crippen MR) is 93.6 cm³/mol. The Bertz CT molecular complexity index is 683. The van der Waals surface area contributed by atoms with Crippen molar-refractivity contribution in [2.45, 2.75) is 25.5 Å². The molecular weight excluding hydrogens is 346 g/mol. The van der Waals surface area contributed by atoms with Crippen LogP contribution in [0.25, 0.3) is 0 Å². The fraction of sp³-hybridized carbons (Fsp3) is 0.389. The normalized spacial score (nSPS) is 17.2. The average Bonchev–Trinajstić information content (AvgIpc) is 3.19. The number of anilines is 1. The molecule has 1 aliphatic rings. The minimum atomic E-state index is -0.718. The standard InChI is InChI=1S/C18H20F2N2O2S/c19-13-7-14(20)9-15(8-13)21-18(23)12-22(10-16-3-1-5-24-16)11-17-4-2-6-25-17/h2,4,6-9,16H,1,3,5,10-12H2,(H,21,23)/t16-/m1/s1. The smallest absolute Gasteiger partial charge is 0.238 e. The Labute approximate surface area is 149 Å². The molecule has 1 amide bonds. The first-order valence-electron chi connectivity index (χ1n) is 8.21. The molecule has 0 aliphatic carbocycles. The lowest BCUT2D eigenvalue weighted by atomic mass is 10.2. The third-order valence-corrected chi connectivity index (χ3v) is 4.82. The maximum absolute atomic E-state index is 13.2. The number of hydrogen-bond donors (Lipinski definition) is 1. The van der Waals surface area contributed by atoms with Gasteiger partial charge in [0.1, 0.15) is 11.6 Å². The second-order valence-electron chi connectivity index (χ2n) is 6.09. The molecular formula is C18H20F2N2O2S. The Balaban J connectivity index is 1.62. The molecule has 1 fully saturated rings. The van der Waals surface area contributed by atoms with Crippen LogP contribution in [0.2, 0.25) is 0 Å². The fourth-order valence-corrected chi connectivity index (χ4v) is 3.66. The van der Waals surface area contributed by atoms with E-state index in [9.17, 15) is 13.6 Å². The van der Waals surface area contributed by atoms with Crippen LogP contribution in [0.3, 0.4) is 0 Å². The lowest BCUT2D eigenvalue weighted by molar-refractivity contribution is -0.117. The van der Waals surface area contributed by atoms with Crippen LogP contribution in [-0.4, -0.2) is 36.6 Å². The lowest BCUT2D eigenvalue weighted by Crippen LogP contribution is -2.37. The van der Waals surface area contributed by atoms with Gasteiger partial charge >= 0.3 is 0 Å². The van der Waals surface area contributed by atoms with Crippen LogP contribution < -0.4 is 5.32 Å². The summed E-state index contributed by atoms with van der Waals surface area (Å²) in [6.07, 6.45) is 2.14. The van der Waals surface area contributed by atoms with Crippen LogP contribution in [0.1, 0.15) is 17.7 Å². The Morgan fingerprint density at radius 2 is 2.12 bits per heavy atom. The Kier molecular flexibility index (Phi) is 6.12. The second-order valence-corrected chi connectivity index (χ2v) is 7.12. The van der Waals surface area contributed by atoms with Gasteiger partial charge in [-0.15, -0.1) is 11.3 Å². The number of benzene rings is 1. The number of thiophene rings is 1. The van der Waals surface area contributed by atoms with Gasteiger partial charge < -0.3 is 10.1 Å². The van der Waals surface area contributed by atoms with Crippen LogP contribution in [0.15, 0.2) is 35.7 Å².